The van der Waals surface area contributed by atoms with E-state index in [1.165, 1.54) is 49.2 Å². The lowest BCUT2D eigenvalue weighted by atomic mass is 10.2. The Morgan fingerprint density at radius 3 is 2.72 bits per heavy atom. The highest BCUT2D eigenvalue weighted by molar-refractivity contribution is 7.99. The molecule has 11 heteroatoms. The molecule has 2 aromatic carbocycles. The van der Waals surface area contributed by atoms with Crippen LogP contribution in [0.15, 0.2) is 47.6 Å². The maximum absolute atomic E-state index is 13.7. The Kier molecular flexibility index (Phi) is 8.07. The number of benzene rings is 2. The molecule has 8 nitrogen and oxygen atoms in total. The molecule has 1 amide bonds. The van der Waals surface area contributed by atoms with E-state index in [1.54, 1.807) is 16.7 Å². The number of hydrogen-bond acceptors (Lipinski definition) is 7. The topological polar surface area (TPSA) is 95.3 Å². The van der Waals surface area contributed by atoms with Crippen LogP contribution in [0.2, 0.25) is 5.02 Å². The predicted octanol–water partition coefficient (Wildman–Crippen LogP) is 4.19. The third-order valence-electron chi connectivity index (χ3n) is 4.30. The van der Waals surface area contributed by atoms with Gasteiger partial charge in [-0.05, 0) is 37.3 Å². The second-order valence-corrected chi connectivity index (χ2v) is 7.73. The Balaban J connectivity index is 1.61. The standard InChI is InChI=1S/C21H20ClFN4O4S/c1-3-27-18(11-31-17-7-5-4-6-15(17)23)25-26-21(27)32-12-19(28)24-16-10-13(20(29)30-2)8-9-14(16)22/h4-10H,3,11-12H2,1-2H3,(H,24,28). The van der Waals surface area contributed by atoms with Gasteiger partial charge in [0.2, 0.25) is 5.91 Å². The van der Waals surface area contributed by atoms with Crippen molar-refractivity contribution < 1.29 is 23.5 Å². The number of anilines is 1. The van der Waals surface area contributed by atoms with Gasteiger partial charge in [0.1, 0.15) is 6.61 Å². The first-order valence-electron chi connectivity index (χ1n) is 9.52. The lowest BCUT2D eigenvalue weighted by molar-refractivity contribution is -0.113. The van der Waals surface area contributed by atoms with E-state index in [0.29, 0.717) is 28.2 Å². The van der Waals surface area contributed by atoms with Gasteiger partial charge in [0, 0.05) is 6.54 Å². The quantitative estimate of drug-likeness (QED) is 0.364. The van der Waals surface area contributed by atoms with Crippen LogP contribution in [-0.4, -0.2) is 39.5 Å². The summed E-state index contributed by atoms with van der Waals surface area (Å²) in [5, 5.41) is 11.7. The number of ether oxygens (including phenoxy) is 2. The fourth-order valence-electron chi connectivity index (χ4n) is 2.74. The Hall–Kier alpha value is -3.11. The molecule has 1 aromatic heterocycles. The molecule has 0 bridgehead atoms. The minimum Gasteiger partial charge on any atom is -0.483 e. The number of thioether (sulfide) groups is 1. The average molecular weight is 479 g/mol. The molecule has 0 atom stereocenters. The average Bonchev–Trinajstić information content (AvgIpc) is 3.19. The van der Waals surface area contributed by atoms with Crippen molar-refractivity contribution in [1.29, 1.82) is 0 Å². The number of amides is 1. The Morgan fingerprint density at radius 2 is 2.00 bits per heavy atom. The summed E-state index contributed by atoms with van der Waals surface area (Å²) >= 11 is 7.29. The van der Waals surface area contributed by atoms with Crippen LogP contribution < -0.4 is 10.1 Å². The van der Waals surface area contributed by atoms with Crippen molar-refractivity contribution in [3.63, 3.8) is 0 Å². The van der Waals surface area contributed by atoms with Crippen LogP contribution in [0.1, 0.15) is 23.1 Å². The van der Waals surface area contributed by atoms with Gasteiger partial charge in [-0.1, -0.05) is 35.5 Å². The minimum atomic E-state index is -0.535. The Labute approximate surface area is 193 Å². The predicted molar refractivity (Wildman–Crippen MR) is 119 cm³/mol. The lowest BCUT2D eigenvalue weighted by Crippen LogP contribution is -2.16. The summed E-state index contributed by atoms with van der Waals surface area (Å²) in [7, 11) is 1.27. The number of hydrogen-bond donors (Lipinski definition) is 1. The molecule has 3 aromatic rings. The van der Waals surface area contributed by atoms with Crippen molar-refractivity contribution in [3.05, 3.63) is 64.7 Å². The highest BCUT2D eigenvalue weighted by Gasteiger charge is 2.16. The normalized spacial score (nSPS) is 10.6. The molecule has 0 spiro atoms. The summed E-state index contributed by atoms with van der Waals surface area (Å²) in [4.78, 5) is 24.1. The first kappa shape index (κ1) is 23.6. The van der Waals surface area contributed by atoms with Gasteiger partial charge in [0.15, 0.2) is 22.5 Å². The summed E-state index contributed by atoms with van der Waals surface area (Å²) in [6.45, 7) is 2.47. The molecule has 0 radical (unpaired) electrons. The van der Waals surface area contributed by atoms with E-state index in [4.69, 9.17) is 16.3 Å². The second kappa shape index (κ2) is 11.0. The van der Waals surface area contributed by atoms with Gasteiger partial charge in [-0.3, -0.25) is 4.79 Å². The molecule has 1 N–H and O–H groups in total. The maximum atomic E-state index is 13.7. The van der Waals surface area contributed by atoms with E-state index in [1.807, 2.05) is 6.92 Å². The van der Waals surface area contributed by atoms with Gasteiger partial charge in [-0.2, -0.15) is 0 Å². The molecule has 0 aliphatic carbocycles. The number of methoxy groups -OCH3 is 1. The van der Waals surface area contributed by atoms with Crippen molar-refractivity contribution in [2.24, 2.45) is 0 Å². The van der Waals surface area contributed by atoms with Gasteiger partial charge in [0.05, 0.1) is 29.1 Å². The Bertz CT molecular complexity index is 1120. The monoisotopic (exact) mass is 478 g/mol. The van der Waals surface area contributed by atoms with E-state index < -0.39 is 11.8 Å². The largest absolute Gasteiger partial charge is 0.483 e. The number of carbonyl (C=O) groups excluding carboxylic acids is 2. The SMILES string of the molecule is CCn1c(COc2ccccc2F)nnc1SCC(=O)Nc1cc(C(=O)OC)ccc1Cl. The molecule has 0 aliphatic rings. The number of carbonyl (C=O) groups is 2. The number of aromatic nitrogens is 3. The van der Waals surface area contributed by atoms with Gasteiger partial charge < -0.3 is 19.4 Å². The number of rotatable bonds is 9. The van der Waals surface area contributed by atoms with Crippen LogP contribution in [0.5, 0.6) is 5.75 Å². The molecule has 0 saturated heterocycles. The highest BCUT2D eigenvalue weighted by Crippen LogP contribution is 2.25. The zero-order valence-corrected chi connectivity index (χ0v) is 18.9. The molecule has 0 fully saturated rings. The molecular formula is C21H20ClFN4O4S. The smallest absolute Gasteiger partial charge is 0.337 e. The molecule has 0 aliphatic heterocycles. The Morgan fingerprint density at radius 1 is 1.22 bits per heavy atom. The summed E-state index contributed by atoms with van der Waals surface area (Å²) in [6.07, 6.45) is 0. The second-order valence-electron chi connectivity index (χ2n) is 6.39. The number of para-hydroxylation sites is 1. The van der Waals surface area contributed by atoms with E-state index >= 15 is 0 Å². The van der Waals surface area contributed by atoms with Crippen LogP contribution in [0.4, 0.5) is 10.1 Å². The molecule has 1 heterocycles. The molecule has 0 unspecified atom stereocenters. The van der Waals surface area contributed by atoms with E-state index in [-0.39, 0.29) is 29.6 Å². The van der Waals surface area contributed by atoms with Gasteiger partial charge in [-0.25, -0.2) is 9.18 Å². The van der Waals surface area contributed by atoms with Crippen molar-refractivity contribution in [1.82, 2.24) is 14.8 Å². The minimum absolute atomic E-state index is 0.0322. The third-order valence-corrected chi connectivity index (χ3v) is 5.59. The van der Waals surface area contributed by atoms with E-state index in [2.05, 4.69) is 20.3 Å². The van der Waals surface area contributed by atoms with Crippen LogP contribution in [0.25, 0.3) is 0 Å². The van der Waals surface area contributed by atoms with Crippen LogP contribution in [-0.2, 0) is 22.7 Å². The van der Waals surface area contributed by atoms with Gasteiger partial charge in [-0.15, -0.1) is 10.2 Å². The van der Waals surface area contributed by atoms with Crippen LogP contribution >= 0.6 is 23.4 Å². The fraction of sp³-hybridized carbons (Fsp3) is 0.238. The molecule has 168 valence electrons. The summed E-state index contributed by atoms with van der Waals surface area (Å²) in [5.74, 6) is -0.673. The summed E-state index contributed by atoms with van der Waals surface area (Å²) < 4.78 is 25.7. The van der Waals surface area contributed by atoms with E-state index in [9.17, 15) is 14.0 Å². The highest BCUT2D eigenvalue weighted by atomic mass is 35.5. The number of halogens is 2. The number of esters is 1. The molecule has 32 heavy (non-hydrogen) atoms. The molecule has 3 rings (SSSR count). The zero-order valence-electron chi connectivity index (χ0n) is 17.3. The molecule has 0 saturated carbocycles. The first-order valence-corrected chi connectivity index (χ1v) is 10.9. The van der Waals surface area contributed by atoms with Gasteiger partial charge in [0.25, 0.3) is 0 Å². The van der Waals surface area contributed by atoms with Crippen molar-refractivity contribution in [2.45, 2.75) is 25.2 Å². The van der Waals surface area contributed by atoms with Crippen molar-refractivity contribution >= 4 is 40.9 Å². The van der Waals surface area contributed by atoms with Crippen molar-refractivity contribution in [3.8, 4) is 5.75 Å². The van der Waals surface area contributed by atoms with E-state index in [0.717, 1.165) is 0 Å². The van der Waals surface area contributed by atoms with Crippen LogP contribution in [0.3, 0.4) is 0 Å². The first-order chi connectivity index (χ1) is 15.4. The van der Waals surface area contributed by atoms with Gasteiger partial charge >= 0.3 is 5.97 Å². The summed E-state index contributed by atoms with van der Waals surface area (Å²) in [5.41, 5.74) is 0.571. The zero-order chi connectivity index (χ0) is 23.1. The summed E-state index contributed by atoms with van der Waals surface area (Å²) in [6, 6.07) is 10.6. The number of nitrogens with one attached hydrogen (secondary N) is 1. The van der Waals surface area contributed by atoms with Crippen molar-refractivity contribution in [2.75, 3.05) is 18.2 Å². The molecular weight excluding hydrogens is 459 g/mol. The third kappa shape index (κ3) is 5.77. The lowest BCUT2D eigenvalue weighted by Gasteiger charge is -2.10. The fourth-order valence-corrected chi connectivity index (χ4v) is 3.72. The van der Waals surface area contributed by atoms with Crippen LogP contribution in [0, 0.1) is 5.82 Å². The number of nitrogens with zero attached hydrogens (tertiary/aromatic N) is 3. The maximum Gasteiger partial charge on any atom is 0.337 e.